The molecule has 0 aromatic rings. The van der Waals surface area contributed by atoms with Crippen LogP contribution >= 0.6 is 0 Å². The first-order valence-electron chi connectivity index (χ1n) is 6.29. The van der Waals surface area contributed by atoms with E-state index in [0.717, 1.165) is 25.7 Å². The smallest absolute Gasteiger partial charge is 0.229 e. The second kappa shape index (κ2) is 5.14. The van der Waals surface area contributed by atoms with E-state index in [1.807, 2.05) is 0 Å². The predicted molar refractivity (Wildman–Crippen MR) is 62.1 cm³/mol. The summed E-state index contributed by atoms with van der Waals surface area (Å²) in [4.78, 5) is 23.4. The van der Waals surface area contributed by atoms with Crippen molar-refractivity contribution in [2.45, 2.75) is 44.1 Å². The number of carbonyl (C=O) groups is 2. The highest BCUT2D eigenvalue weighted by atomic mass is 16.5. The minimum Gasteiger partial charge on any atom is -0.377 e. The Hall–Kier alpha value is -0.940. The third kappa shape index (κ3) is 3.26. The molecule has 1 aliphatic heterocycles. The average molecular weight is 240 g/mol. The van der Waals surface area contributed by atoms with Gasteiger partial charge in [0.15, 0.2) is 0 Å². The van der Waals surface area contributed by atoms with E-state index in [1.165, 1.54) is 6.42 Å². The zero-order valence-electron chi connectivity index (χ0n) is 10.0. The van der Waals surface area contributed by atoms with Gasteiger partial charge >= 0.3 is 0 Å². The van der Waals surface area contributed by atoms with Crippen LogP contribution in [0.15, 0.2) is 0 Å². The van der Waals surface area contributed by atoms with Crippen LogP contribution < -0.4 is 11.1 Å². The number of amides is 2. The van der Waals surface area contributed by atoms with E-state index in [4.69, 9.17) is 10.5 Å². The van der Waals surface area contributed by atoms with Gasteiger partial charge in [0.1, 0.15) is 0 Å². The third-order valence-electron chi connectivity index (χ3n) is 3.53. The number of hydrogen-bond donors (Lipinski definition) is 2. The summed E-state index contributed by atoms with van der Waals surface area (Å²) >= 11 is 0. The fraction of sp³-hybridized carbons (Fsp3) is 0.833. The molecule has 0 atom stereocenters. The number of ether oxygens (including phenoxy) is 1. The molecule has 1 heterocycles. The molecule has 0 radical (unpaired) electrons. The van der Waals surface area contributed by atoms with E-state index in [2.05, 4.69) is 5.32 Å². The maximum Gasteiger partial charge on any atom is 0.229 e. The zero-order valence-corrected chi connectivity index (χ0v) is 10.0. The van der Waals surface area contributed by atoms with Crippen LogP contribution in [0.4, 0.5) is 0 Å². The third-order valence-corrected chi connectivity index (χ3v) is 3.53. The molecule has 0 spiro atoms. The van der Waals surface area contributed by atoms with Crippen molar-refractivity contribution in [3.63, 3.8) is 0 Å². The van der Waals surface area contributed by atoms with Crippen LogP contribution in [0.2, 0.25) is 0 Å². The topological polar surface area (TPSA) is 81.4 Å². The summed E-state index contributed by atoms with van der Waals surface area (Å²) in [6.07, 6.45) is 5.33. The lowest BCUT2D eigenvalue weighted by Crippen LogP contribution is -2.59. The standard InChI is InChI=1S/C12H20N2O3/c13-12(7-17-8-12)6-10(15)14-11(16)9-4-2-1-3-5-9/h9H,1-8,13H2,(H,14,15,16). The minimum absolute atomic E-state index is 0.0130. The number of nitrogens with one attached hydrogen (secondary N) is 1. The van der Waals surface area contributed by atoms with Gasteiger partial charge in [0, 0.05) is 12.3 Å². The molecule has 0 bridgehead atoms. The van der Waals surface area contributed by atoms with Crippen molar-refractivity contribution in [1.29, 1.82) is 0 Å². The van der Waals surface area contributed by atoms with Gasteiger partial charge in [-0.15, -0.1) is 0 Å². The van der Waals surface area contributed by atoms with Crippen molar-refractivity contribution < 1.29 is 14.3 Å². The first-order valence-corrected chi connectivity index (χ1v) is 6.29. The molecule has 17 heavy (non-hydrogen) atoms. The van der Waals surface area contributed by atoms with Crippen LogP contribution in [-0.4, -0.2) is 30.6 Å². The van der Waals surface area contributed by atoms with Gasteiger partial charge in [0.25, 0.3) is 0 Å². The van der Waals surface area contributed by atoms with Crippen molar-refractivity contribution in [3.8, 4) is 0 Å². The SMILES string of the molecule is NC1(CC(=O)NC(=O)C2CCCCC2)COC1. The number of nitrogens with two attached hydrogens (primary N) is 1. The second-order valence-electron chi connectivity index (χ2n) is 5.28. The molecule has 0 aromatic carbocycles. The Morgan fingerprint density at radius 2 is 1.88 bits per heavy atom. The van der Waals surface area contributed by atoms with Crippen molar-refractivity contribution in [2.75, 3.05) is 13.2 Å². The van der Waals surface area contributed by atoms with E-state index in [1.54, 1.807) is 0 Å². The van der Waals surface area contributed by atoms with Crippen molar-refractivity contribution >= 4 is 11.8 Å². The first kappa shape index (κ1) is 12.5. The van der Waals surface area contributed by atoms with E-state index >= 15 is 0 Å². The Kier molecular flexibility index (Phi) is 3.79. The van der Waals surface area contributed by atoms with Gasteiger partial charge in [-0.3, -0.25) is 14.9 Å². The average Bonchev–Trinajstić information content (AvgIpc) is 2.28. The van der Waals surface area contributed by atoms with E-state index in [9.17, 15) is 9.59 Å². The van der Waals surface area contributed by atoms with Gasteiger partial charge < -0.3 is 10.5 Å². The molecule has 5 nitrogen and oxygen atoms in total. The molecule has 5 heteroatoms. The summed E-state index contributed by atoms with van der Waals surface area (Å²) < 4.78 is 4.97. The largest absolute Gasteiger partial charge is 0.377 e. The lowest BCUT2D eigenvalue weighted by Gasteiger charge is -2.37. The summed E-state index contributed by atoms with van der Waals surface area (Å²) in [6, 6.07) is 0. The van der Waals surface area contributed by atoms with Crippen LogP contribution in [0.3, 0.4) is 0 Å². The maximum absolute atomic E-state index is 11.8. The molecule has 2 fully saturated rings. The summed E-state index contributed by atoms with van der Waals surface area (Å²) in [7, 11) is 0. The quantitative estimate of drug-likeness (QED) is 0.744. The van der Waals surface area contributed by atoms with Gasteiger partial charge in [-0.2, -0.15) is 0 Å². The number of imide groups is 1. The predicted octanol–water partition coefficient (Wildman–Crippen LogP) is 0.327. The van der Waals surface area contributed by atoms with E-state index in [0.29, 0.717) is 13.2 Å². The van der Waals surface area contributed by atoms with E-state index < -0.39 is 5.54 Å². The molecule has 1 saturated carbocycles. The van der Waals surface area contributed by atoms with E-state index in [-0.39, 0.29) is 24.2 Å². The van der Waals surface area contributed by atoms with Crippen LogP contribution in [0.5, 0.6) is 0 Å². The molecule has 0 unspecified atom stereocenters. The van der Waals surface area contributed by atoms with Crippen LogP contribution in [0, 0.1) is 5.92 Å². The molecule has 96 valence electrons. The molecular weight excluding hydrogens is 220 g/mol. The van der Waals surface area contributed by atoms with Gasteiger partial charge in [-0.25, -0.2) is 0 Å². The Morgan fingerprint density at radius 1 is 1.24 bits per heavy atom. The Morgan fingerprint density at radius 3 is 2.41 bits per heavy atom. The molecular formula is C12H20N2O3. The summed E-state index contributed by atoms with van der Waals surface area (Å²) in [6.45, 7) is 0.802. The second-order valence-corrected chi connectivity index (χ2v) is 5.28. The summed E-state index contributed by atoms with van der Waals surface area (Å²) in [5.41, 5.74) is 5.30. The molecule has 2 amide bonds. The van der Waals surface area contributed by atoms with Gasteiger partial charge in [-0.1, -0.05) is 19.3 Å². The molecule has 3 N–H and O–H groups in total. The number of rotatable bonds is 3. The number of hydrogen-bond acceptors (Lipinski definition) is 4. The highest BCUT2D eigenvalue weighted by Gasteiger charge is 2.37. The van der Waals surface area contributed by atoms with Crippen molar-refractivity contribution in [2.24, 2.45) is 11.7 Å². The number of carbonyl (C=O) groups excluding carboxylic acids is 2. The van der Waals surface area contributed by atoms with Gasteiger partial charge in [-0.05, 0) is 12.8 Å². The van der Waals surface area contributed by atoms with Crippen LogP contribution in [0.25, 0.3) is 0 Å². The Labute approximate surface area is 101 Å². The Balaban J connectivity index is 1.75. The lowest BCUT2D eigenvalue weighted by atomic mass is 9.88. The zero-order chi connectivity index (χ0) is 12.3. The highest BCUT2D eigenvalue weighted by molar-refractivity contribution is 5.96. The van der Waals surface area contributed by atoms with Crippen LogP contribution in [0.1, 0.15) is 38.5 Å². The summed E-state index contributed by atoms with van der Waals surface area (Å²) in [5.74, 6) is -0.385. The summed E-state index contributed by atoms with van der Waals surface area (Å²) in [5, 5.41) is 2.46. The Bertz CT molecular complexity index is 307. The first-order chi connectivity index (χ1) is 8.09. The highest BCUT2D eigenvalue weighted by Crippen LogP contribution is 2.24. The lowest BCUT2D eigenvalue weighted by molar-refractivity contribution is -0.137. The molecule has 0 aromatic heterocycles. The molecule has 2 aliphatic rings. The van der Waals surface area contributed by atoms with Gasteiger partial charge in [0.05, 0.1) is 18.8 Å². The molecule has 1 saturated heterocycles. The molecule has 2 rings (SSSR count). The monoisotopic (exact) mass is 240 g/mol. The van der Waals surface area contributed by atoms with Crippen LogP contribution in [-0.2, 0) is 14.3 Å². The van der Waals surface area contributed by atoms with Crippen molar-refractivity contribution in [1.82, 2.24) is 5.32 Å². The van der Waals surface area contributed by atoms with Crippen molar-refractivity contribution in [3.05, 3.63) is 0 Å². The maximum atomic E-state index is 11.8. The normalized spacial score (nSPS) is 23.8. The fourth-order valence-electron chi connectivity index (χ4n) is 2.43. The van der Waals surface area contributed by atoms with Gasteiger partial charge in [0.2, 0.25) is 11.8 Å². The fourth-order valence-corrected chi connectivity index (χ4v) is 2.43. The minimum atomic E-state index is -0.559. The molecule has 1 aliphatic carbocycles.